The Hall–Kier alpha value is -1.00. The standard InChI is InChI=1S/C12H19N3S/c1-9(14-2)10-5-4-6-11(7-10)15-12(13)8-16-3/h4-7,9,14H,8H2,1-3H3,(H2,13,15). The van der Waals surface area contributed by atoms with Crippen molar-refractivity contribution in [3.05, 3.63) is 29.8 Å². The summed E-state index contributed by atoms with van der Waals surface area (Å²) < 4.78 is 0. The fourth-order valence-electron chi connectivity index (χ4n) is 1.38. The molecule has 0 fully saturated rings. The number of hydrogen-bond donors (Lipinski definition) is 2. The summed E-state index contributed by atoms with van der Waals surface area (Å²) in [6, 6.07) is 8.46. The second-order valence-electron chi connectivity index (χ2n) is 3.64. The van der Waals surface area contributed by atoms with E-state index in [1.807, 2.05) is 25.4 Å². The van der Waals surface area contributed by atoms with Gasteiger partial charge >= 0.3 is 0 Å². The second-order valence-corrected chi connectivity index (χ2v) is 4.51. The number of benzene rings is 1. The van der Waals surface area contributed by atoms with Crippen molar-refractivity contribution in [2.45, 2.75) is 13.0 Å². The molecule has 0 amide bonds. The number of aliphatic imine (C=N–C) groups is 1. The first kappa shape index (κ1) is 13.1. The SMILES string of the molecule is CNC(C)c1cccc(N=C(N)CSC)c1. The molecular formula is C12H19N3S. The maximum Gasteiger partial charge on any atom is 0.110 e. The minimum absolute atomic E-state index is 0.330. The molecule has 0 aromatic heterocycles. The van der Waals surface area contributed by atoms with Crippen LogP contribution in [0.15, 0.2) is 29.3 Å². The molecule has 0 heterocycles. The van der Waals surface area contributed by atoms with E-state index < -0.39 is 0 Å². The molecule has 1 rings (SSSR count). The van der Waals surface area contributed by atoms with Crippen LogP contribution >= 0.6 is 11.8 Å². The minimum Gasteiger partial charge on any atom is -0.386 e. The molecule has 0 saturated heterocycles. The van der Waals surface area contributed by atoms with Crippen LogP contribution in [0.3, 0.4) is 0 Å². The number of nitrogens with zero attached hydrogens (tertiary/aromatic N) is 1. The van der Waals surface area contributed by atoms with Crippen LogP contribution in [0.25, 0.3) is 0 Å². The molecule has 88 valence electrons. The van der Waals surface area contributed by atoms with Crippen molar-refractivity contribution in [3.8, 4) is 0 Å². The first-order valence-corrected chi connectivity index (χ1v) is 6.66. The third kappa shape index (κ3) is 3.87. The molecule has 1 unspecified atom stereocenters. The number of amidine groups is 1. The summed E-state index contributed by atoms with van der Waals surface area (Å²) >= 11 is 1.68. The van der Waals surface area contributed by atoms with Crippen LogP contribution in [0.1, 0.15) is 18.5 Å². The van der Waals surface area contributed by atoms with E-state index in [-0.39, 0.29) is 0 Å². The van der Waals surface area contributed by atoms with Gasteiger partial charge in [0.2, 0.25) is 0 Å². The van der Waals surface area contributed by atoms with E-state index in [9.17, 15) is 0 Å². The molecule has 0 saturated carbocycles. The van der Waals surface area contributed by atoms with Gasteiger partial charge in [-0.1, -0.05) is 12.1 Å². The third-order valence-corrected chi connectivity index (χ3v) is 2.95. The van der Waals surface area contributed by atoms with Crippen molar-refractivity contribution in [1.29, 1.82) is 0 Å². The van der Waals surface area contributed by atoms with E-state index in [1.54, 1.807) is 11.8 Å². The summed E-state index contributed by atoms with van der Waals surface area (Å²) in [6.45, 7) is 2.12. The molecule has 1 atom stereocenters. The van der Waals surface area contributed by atoms with Crippen LogP contribution in [0.4, 0.5) is 5.69 Å². The average Bonchev–Trinajstić information content (AvgIpc) is 2.28. The van der Waals surface area contributed by atoms with Gasteiger partial charge in [0.1, 0.15) is 5.84 Å². The molecule has 0 aliphatic heterocycles. The van der Waals surface area contributed by atoms with Gasteiger partial charge in [0.25, 0.3) is 0 Å². The summed E-state index contributed by atoms with van der Waals surface area (Å²) in [5.74, 6) is 1.44. The molecule has 3 nitrogen and oxygen atoms in total. The molecule has 0 radical (unpaired) electrons. The van der Waals surface area contributed by atoms with Crippen LogP contribution in [0.2, 0.25) is 0 Å². The Balaban J connectivity index is 2.86. The number of rotatable bonds is 5. The van der Waals surface area contributed by atoms with Crippen LogP contribution < -0.4 is 11.1 Å². The van der Waals surface area contributed by atoms with Crippen LogP contribution in [0, 0.1) is 0 Å². The highest BCUT2D eigenvalue weighted by molar-refractivity contribution is 7.99. The summed E-state index contributed by atoms with van der Waals surface area (Å²) in [4.78, 5) is 4.37. The average molecular weight is 237 g/mol. The van der Waals surface area contributed by atoms with Crippen molar-refractivity contribution >= 4 is 23.3 Å². The predicted octanol–water partition coefficient (Wildman–Crippen LogP) is 2.32. The van der Waals surface area contributed by atoms with Crippen LogP contribution in [-0.4, -0.2) is 24.9 Å². The molecule has 1 aromatic carbocycles. The molecule has 0 bridgehead atoms. The van der Waals surface area contributed by atoms with E-state index in [0.717, 1.165) is 11.4 Å². The summed E-state index contributed by atoms with van der Waals surface area (Å²) in [6.07, 6.45) is 2.02. The molecule has 3 N–H and O–H groups in total. The number of nitrogens with one attached hydrogen (secondary N) is 1. The minimum atomic E-state index is 0.330. The zero-order valence-electron chi connectivity index (χ0n) is 10.0. The Kier molecular flexibility index (Phi) is 5.35. The Morgan fingerprint density at radius 2 is 2.31 bits per heavy atom. The molecular weight excluding hydrogens is 218 g/mol. The quantitative estimate of drug-likeness (QED) is 0.610. The van der Waals surface area contributed by atoms with Gasteiger partial charge in [-0.3, -0.25) is 0 Å². The monoisotopic (exact) mass is 237 g/mol. The summed E-state index contributed by atoms with van der Waals surface area (Å²) in [7, 11) is 1.95. The van der Waals surface area contributed by atoms with Gasteiger partial charge < -0.3 is 11.1 Å². The van der Waals surface area contributed by atoms with Gasteiger partial charge in [-0.05, 0) is 37.9 Å². The van der Waals surface area contributed by atoms with Gasteiger partial charge in [-0.25, -0.2) is 4.99 Å². The summed E-state index contributed by atoms with van der Waals surface area (Å²) in [5, 5.41) is 3.20. The third-order valence-electron chi connectivity index (χ3n) is 2.37. The number of hydrogen-bond acceptors (Lipinski definition) is 3. The Labute approximate surface area is 102 Å². The van der Waals surface area contributed by atoms with E-state index in [4.69, 9.17) is 5.73 Å². The lowest BCUT2D eigenvalue weighted by molar-refractivity contribution is 0.652. The van der Waals surface area contributed by atoms with E-state index >= 15 is 0 Å². The zero-order chi connectivity index (χ0) is 12.0. The molecule has 16 heavy (non-hydrogen) atoms. The van der Waals surface area contributed by atoms with Crippen LogP contribution in [-0.2, 0) is 0 Å². The largest absolute Gasteiger partial charge is 0.386 e. The summed E-state index contributed by atoms with van der Waals surface area (Å²) in [5.41, 5.74) is 7.93. The topological polar surface area (TPSA) is 50.4 Å². The second kappa shape index (κ2) is 6.55. The van der Waals surface area contributed by atoms with Crippen LogP contribution in [0.5, 0.6) is 0 Å². The smallest absolute Gasteiger partial charge is 0.110 e. The normalized spacial score (nSPS) is 13.8. The lowest BCUT2D eigenvalue weighted by Crippen LogP contribution is -2.14. The molecule has 4 heteroatoms. The molecule has 0 aliphatic carbocycles. The fourth-order valence-corrected chi connectivity index (χ4v) is 1.74. The van der Waals surface area contributed by atoms with Gasteiger partial charge in [0.05, 0.1) is 11.4 Å². The van der Waals surface area contributed by atoms with Gasteiger partial charge in [-0.2, -0.15) is 11.8 Å². The lowest BCUT2D eigenvalue weighted by Gasteiger charge is -2.10. The van der Waals surface area contributed by atoms with E-state index in [0.29, 0.717) is 11.9 Å². The van der Waals surface area contributed by atoms with Crippen molar-refractivity contribution < 1.29 is 0 Å². The molecule has 0 spiro atoms. The first-order chi connectivity index (χ1) is 7.67. The highest BCUT2D eigenvalue weighted by Crippen LogP contribution is 2.19. The maximum atomic E-state index is 5.79. The first-order valence-electron chi connectivity index (χ1n) is 5.26. The fraction of sp³-hybridized carbons (Fsp3) is 0.417. The number of thioether (sulfide) groups is 1. The van der Waals surface area contributed by atoms with Gasteiger partial charge in [-0.15, -0.1) is 0 Å². The zero-order valence-corrected chi connectivity index (χ0v) is 10.8. The highest BCUT2D eigenvalue weighted by Gasteiger charge is 2.02. The number of nitrogens with two attached hydrogens (primary N) is 1. The van der Waals surface area contributed by atoms with Crippen molar-refractivity contribution in [1.82, 2.24) is 5.32 Å². The predicted molar refractivity (Wildman–Crippen MR) is 73.6 cm³/mol. The van der Waals surface area contributed by atoms with Crippen molar-refractivity contribution in [2.24, 2.45) is 10.7 Å². The van der Waals surface area contributed by atoms with E-state index in [2.05, 4.69) is 29.4 Å². The highest BCUT2D eigenvalue weighted by atomic mass is 32.2. The van der Waals surface area contributed by atoms with E-state index in [1.165, 1.54) is 5.56 Å². The Bertz CT molecular complexity index is 363. The van der Waals surface area contributed by atoms with Gasteiger partial charge in [0.15, 0.2) is 0 Å². The van der Waals surface area contributed by atoms with Gasteiger partial charge in [0, 0.05) is 6.04 Å². The van der Waals surface area contributed by atoms with Crippen molar-refractivity contribution in [3.63, 3.8) is 0 Å². The maximum absolute atomic E-state index is 5.79. The van der Waals surface area contributed by atoms with Crippen molar-refractivity contribution in [2.75, 3.05) is 19.1 Å². The molecule has 0 aliphatic rings. The Morgan fingerprint density at radius 1 is 1.56 bits per heavy atom. The Morgan fingerprint density at radius 3 is 2.94 bits per heavy atom. The lowest BCUT2D eigenvalue weighted by atomic mass is 10.1. The molecule has 1 aromatic rings.